The van der Waals surface area contributed by atoms with Gasteiger partial charge >= 0.3 is 0 Å². The van der Waals surface area contributed by atoms with Crippen molar-refractivity contribution in [3.05, 3.63) is 0 Å². The number of nitrogens with one attached hydrogen (secondary N) is 2. The van der Waals surface area contributed by atoms with Gasteiger partial charge in [0.15, 0.2) is 5.96 Å². The van der Waals surface area contributed by atoms with Crippen LogP contribution in [0.25, 0.3) is 0 Å². The molecule has 0 aromatic heterocycles. The maximum absolute atomic E-state index is 5.39. The minimum atomic E-state index is 0. The van der Waals surface area contributed by atoms with Crippen LogP contribution < -0.4 is 10.6 Å². The molecule has 1 rings (SSSR count). The predicted octanol–water partition coefficient (Wildman–Crippen LogP) is 3.49. The summed E-state index contributed by atoms with van der Waals surface area (Å²) in [5.41, 5.74) is 0.217. The van der Waals surface area contributed by atoms with Crippen molar-refractivity contribution in [2.45, 2.75) is 64.8 Å². The van der Waals surface area contributed by atoms with Crippen LogP contribution in [-0.2, 0) is 4.74 Å². The summed E-state index contributed by atoms with van der Waals surface area (Å²) in [5.74, 6) is 1.75. The number of ether oxygens (including phenoxy) is 1. The van der Waals surface area contributed by atoms with Crippen molar-refractivity contribution in [3.63, 3.8) is 0 Å². The molecular formula is C19H41IN4O. The lowest BCUT2D eigenvalue weighted by atomic mass is 9.75. The SMILES string of the molecule is CCNC(=NCC1(N(C)C)CCCC(C)C1)NCCCCOCC.I. The van der Waals surface area contributed by atoms with Gasteiger partial charge in [-0.25, -0.2) is 0 Å². The van der Waals surface area contributed by atoms with Gasteiger partial charge in [-0.15, -0.1) is 24.0 Å². The zero-order valence-corrected chi connectivity index (χ0v) is 19.4. The van der Waals surface area contributed by atoms with Crippen LogP contribution in [0.3, 0.4) is 0 Å². The maximum atomic E-state index is 5.39. The molecular weight excluding hydrogens is 427 g/mol. The van der Waals surface area contributed by atoms with Gasteiger partial charge in [-0.05, 0) is 59.5 Å². The molecule has 25 heavy (non-hydrogen) atoms. The van der Waals surface area contributed by atoms with E-state index < -0.39 is 0 Å². The molecule has 0 spiro atoms. The molecule has 1 saturated carbocycles. The topological polar surface area (TPSA) is 48.9 Å². The van der Waals surface area contributed by atoms with Gasteiger partial charge in [0.2, 0.25) is 0 Å². The molecule has 0 bridgehead atoms. The van der Waals surface area contributed by atoms with Gasteiger partial charge in [0.1, 0.15) is 0 Å². The van der Waals surface area contributed by atoms with Gasteiger partial charge < -0.3 is 20.3 Å². The lowest BCUT2D eigenvalue weighted by molar-refractivity contribution is 0.0845. The van der Waals surface area contributed by atoms with E-state index in [9.17, 15) is 0 Å². The standard InChI is InChI=1S/C19H40N4O.HI/c1-6-20-18(21-13-8-9-14-24-7-2)22-16-19(23(4)5)12-10-11-17(3)15-19;/h17H,6-16H2,1-5H3,(H2,20,21,22);1H. The number of likely N-dealkylation sites (N-methyl/N-ethyl adjacent to an activating group) is 1. The molecule has 5 nitrogen and oxygen atoms in total. The third-order valence-electron chi connectivity index (χ3n) is 5.10. The van der Waals surface area contributed by atoms with Crippen LogP contribution in [0, 0.1) is 5.92 Å². The number of hydrogen-bond acceptors (Lipinski definition) is 3. The van der Waals surface area contributed by atoms with E-state index >= 15 is 0 Å². The summed E-state index contributed by atoms with van der Waals surface area (Å²) in [6.07, 6.45) is 7.38. The molecule has 1 aliphatic carbocycles. The Bertz CT molecular complexity index is 365. The zero-order chi connectivity index (χ0) is 17.8. The summed E-state index contributed by atoms with van der Waals surface area (Å²) in [6.45, 7) is 10.9. The number of halogens is 1. The highest BCUT2D eigenvalue weighted by molar-refractivity contribution is 14.0. The van der Waals surface area contributed by atoms with Crippen LogP contribution >= 0.6 is 24.0 Å². The predicted molar refractivity (Wildman–Crippen MR) is 119 cm³/mol. The highest BCUT2D eigenvalue weighted by Gasteiger charge is 2.36. The third kappa shape index (κ3) is 9.43. The van der Waals surface area contributed by atoms with Gasteiger partial charge in [0.05, 0.1) is 6.54 Å². The van der Waals surface area contributed by atoms with Gasteiger partial charge in [0, 0.05) is 31.8 Å². The molecule has 0 aromatic carbocycles. The molecule has 0 radical (unpaired) electrons. The first-order chi connectivity index (χ1) is 11.5. The summed E-state index contributed by atoms with van der Waals surface area (Å²) >= 11 is 0. The second-order valence-electron chi connectivity index (χ2n) is 7.35. The monoisotopic (exact) mass is 468 g/mol. The number of aliphatic imine (C=N–C) groups is 1. The summed E-state index contributed by atoms with van der Waals surface area (Å²) in [6, 6.07) is 0. The normalized spacial score (nSPS) is 24.1. The first kappa shape index (κ1) is 24.9. The Morgan fingerprint density at radius 1 is 1.24 bits per heavy atom. The van der Waals surface area contributed by atoms with Crippen LogP contribution in [0.5, 0.6) is 0 Å². The summed E-state index contributed by atoms with van der Waals surface area (Å²) in [4.78, 5) is 7.32. The highest BCUT2D eigenvalue weighted by Crippen LogP contribution is 2.35. The van der Waals surface area contributed by atoms with Crippen LogP contribution in [0.4, 0.5) is 0 Å². The highest BCUT2D eigenvalue weighted by atomic mass is 127. The van der Waals surface area contributed by atoms with E-state index in [-0.39, 0.29) is 29.5 Å². The van der Waals surface area contributed by atoms with E-state index in [4.69, 9.17) is 9.73 Å². The van der Waals surface area contributed by atoms with Crippen molar-refractivity contribution in [1.29, 1.82) is 0 Å². The number of nitrogens with zero attached hydrogens (tertiary/aromatic N) is 2. The van der Waals surface area contributed by atoms with Crippen molar-refractivity contribution < 1.29 is 4.74 Å². The molecule has 0 heterocycles. The molecule has 0 saturated heterocycles. The van der Waals surface area contributed by atoms with Crippen LogP contribution in [0.2, 0.25) is 0 Å². The van der Waals surface area contributed by atoms with E-state index in [1.165, 1.54) is 25.7 Å². The van der Waals surface area contributed by atoms with Gasteiger partial charge in [-0.1, -0.05) is 19.8 Å². The second-order valence-corrected chi connectivity index (χ2v) is 7.35. The van der Waals surface area contributed by atoms with Crippen molar-refractivity contribution in [2.24, 2.45) is 10.9 Å². The van der Waals surface area contributed by atoms with Crippen molar-refractivity contribution in [2.75, 3.05) is 46.9 Å². The van der Waals surface area contributed by atoms with Gasteiger partial charge in [-0.2, -0.15) is 0 Å². The molecule has 6 heteroatoms. The summed E-state index contributed by atoms with van der Waals surface area (Å²) < 4.78 is 5.39. The Kier molecular flexibility index (Phi) is 14.0. The first-order valence-corrected chi connectivity index (χ1v) is 9.81. The average molecular weight is 468 g/mol. The number of rotatable bonds is 10. The maximum Gasteiger partial charge on any atom is 0.191 e. The average Bonchev–Trinajstić information content (AvgIpc) is 2.55. The van der Waals surface area contributed by atoms with E-state index in [1.54, 1.807) is 0 Å². The summed E-state index contributed by atoms with van der Waals surface area (Å²) in [7, 11) is 4.42. The molecule has 1 aliphatic rings. The van der Waals surface area contributed by atoms with Gasteiger partial charge in [-0.3, -0.25) is 4.99 Å². The van der Waals surface area contributed by atoms with Crippen molar-refractivity contribution in [3.8, 4) is 0 Å². The second kappa shape index (κ2) is 14.0. The van der Waals surface area contributed by atoms with E-state index in [0.29, 0.717) is 0 Å². The number of unbranched alkanes of at least 4 members (excludes halogenated alkanes) is 1. The Morgan fingerprint density at radius 3 is 2.60 bits per heavy atom. The molecule has 2 unspecified atom stereocenters. The summed E-state index contributed by atoms with van der Waals surface area (Å²) in [5, 5.41) is 6.85. The van der Waals surface area contributed by atoms with Crippen molar-refractivity contribution in [1.82, 2.24) is 15.5 Å². The third-order valence-corrected chi connectivity index (χ3v) is 5.10. The molecule has 0 amide bonds. The fraction of sp³-hybridized carbons (Fsp3) is 0.947. The fourth-order valence-corrected chi connectivity index (χ4v) is 3.57. The molecule has 2 N–H and O–H groups in total. The first-order valence-electron chi connectivity index (χ1n) is 9.81. The van der Waals surface area contributed by atoms with Crippen LogP contribution in [0.15, 0.2) is 4.99 Å². The fourth-order valence-electron chi connectivity index (χ4n) is 3.57. The number of hydrogen-bond donors (Lipinski definition) is 2. The molecule has 1 fully saturated rings. The van der Waals surface area contributed by atoms with Crippen molar-refractivity contribution >= 4 is 29.9 Å². The van der Waals surface area contributed by atoms with Crippen LogP contribution in [-0.4, -0.2) is 63.3 Å². The van der Waals surface area contributed by atoms with Gasteiger partial charge in [0.25, 0.3) is 0 Å². The quantitative estimate of drug-likeness (QED) is 0.223. The molecule has 2 atom stereocenters. The minimum absolute atomic E-state index is 0. The lowest BCUT2D eigenvalue weighted by Gasteiger charge is -2.44. The zero-order valence-electron chi connectivity index (χ0n) is 17.1. The molecule has 0 aliphatic heterocycles. The Labute approximate surface area is 172 Å². The van der Waals surface area contributed by atoms with E-state index in [1.807, 2.05) is 6.92 Å². The van der Waals surface area contributed by atoms with E-state index in [2.05, 4.69) is 43.5 Å². The Hall–Kier alpha value is -0.0800. The lowest BCUT2D eigenvalue weighted by Crippen LogP contribution is -2.51. The van der Waals surface area contributed by atoms with Crippen LogP contribution in [0.1, 0.15) is 59.3 Å². The Morgan fingerprint density at radius 2 is 2.00 bits per heavy atom. The largest absolute Gasteiger partial charge is 0.382 e. The molecule has 0 aromatic rings. The molecule has 150 valence electrons. The number of guanidine groups is 1. The minimum Gasteiger partial charge on any atom is -0.382 e. The van der Waals surface area contributed by atoms with E-state index in [0.717, 1.165) is 57.6 Å². The smallest absolute Gasteiger partial charge is 0.191 e. The Balaban J connectivity index is 0.00000576.